The number of methoxy groups -OCH3 is 1. The topological polar surface area (TPSA) is 46.6 Å². The molecule has 0 unspecified atom stereocenters. The van der Waals surface area contributed by atoms with E-state index in [9.17, 15) is 9.59 Å². The lowest BCUT2D eigenvalue weighted by molar-refractivity contribution is -0.144. The maximum atomic E-state index is 12.1. The van der Waals surface area contributed by atoms with E-state index in [1.807, 2.05) is 30.3 Å². The lowest BCUT2D eigenvalue weighted by Gasteiger charge is -2.21. The molecule has 0 bridgehead atoms. The number of nitrogens with zero attached hydrogens (tertiary/aromatic N) is 1. The molecule has 0 saturated carbocycles. The average Bonchev–Trinajstić information content (AvgIpc) is 2.97. The van der Waals surface area contributed by atoms with E-state index < -0.39 is 6.04 Å². The van der Waals surface area contributed by atoms with Crippen LogP contribution in [0, 0.1) is 0 Å². The molecule has 1 amide bonds. The van der Waals surface area contributed by atoms with Gasteiger partial charge in [0, 0.05) is 23.1 Å². The molecule has 0 N–H and O–H groups in total. The Labute approximate surface area is 126 Å². The van der Waals surface area contributed by atoms with Crippen LogP contribution in [0.1, 0.15) is 18.4 Å². The van der Waals surface area contributed by atoms with Gasteiger partial charge >= 0.3 is 5.97 Å². The zero-order chi connectivity index (χ0) is 14.4. The van der Waals surface area contributed by atoms with Gasteiger partial charge in [-0.1, -0.05) is 41.1 Å². The van der Waals surface area contributed by atoms with Crippen LogP contribution in [0.2, 0.25) is 0 Å². The van der Waals surface area contributed by atoms with Gasteiger partial charge in [0.05, 0.1) is 7.11 Å². The molecule has 1 saturated heterocycles. The largest absolute Gasteiger partial charge is 0.467 e. The molecule has 0 aromatic heterocycles. The summed E-state index contributed by atoms with van der Waals surface area (Å²) in [5.74, 6) is 0.457. The minimum absolute atomic E-state index is 0.0566. The van der Waals surface area contributed by atoms with Crippen molar-refractivity contribution < 1.29 is 14.3 Å². The number of rotatable bonds is 4. The summed E-state index contributed by atoms with van der Waals surface area (Å²) in [5, 5.41) is -0.0566. The molecule has 1 aliphatic rings. The lowest BCUT2D eigenvalue weighted by Crippen LogP contribution is -2.38. The smallest absolute Gasteiger partial charge is 0.328 e. The van der Waals surface area contributed by atoms with Gasteiger partial charge in [0.1, 0.15) is 6.04 Å². The Hall–Kier alpha value is -1.14. The molecule has 20 heavy (non-hydrogen) atoms. The fourth-order valence-corrected chi connectivity index (χ4v) is 4.11. The molecule has 1 aliphatic heterocycles. The molecule has 0 radical (unpaired) electrons. The van der Waals surface area contributed by atoms with E-state index in [0.717, 1.165) is 12.2 Å². The number of likely N-dealkylation sites (tertiary alicyclic amines) is 1. The first-order chi connectivity index (χ1) is 9.72. The monoisotopic (exact) mass is 311 g/mol. The van der Waals surface area contributed by atoms with Crippen LogP contribution in [0.25, 0.3) is 0 Å². The number of hydrogen-bond acceptors (Lipinski definition) is 5. The highest BCUT2D eigenvalue weighted by atomic mass is 33.1. The van der Waals surface area contributed by atoms with Crippen LogP contribution in [0.4, 0.5) is 4.79 Å². The fraction of sp³-hybridized carbons (Fsp3) is 0.429. The number of ether oxygens (including phenoxy) is 1. The van der Waals surface area contributed by atoms with Gasteiger partial charge in [0.25, 0.3) is 5.24 Å². The highest BCUT2D eigenvalue weighted by Gasteiger charge is 2.35. The quantitative estimate of drug-likeness (QED) is 0.630. The van der Waals surface area contributed by atoms with Crippen LogP contribution in [0.5, 0.6) is 0 Å². The molecule has 1 heterocycles. The SMILES string of the molecule is COC(=O)[C@@H]1CCCN1C(=O)SSCc1ccccc1. The van der Waals surface area contributed by atoms with Gasteiger partial charge in [-0.2, -0.15) is 0 Å². The third kappa shape index (κ3) is 3.93. The summed E-state index contributed by atoms with van der Waals surface area (Å²) in [7, 11) is 4.05. The van der Waals surface area contributed by atoms with Gasteiger partial charge in [-0.05, 0) is 18.4 Å². The van der Waals surface area contributed by atoms with E-state index >= 15 is 0 Å². The van der Waals surface area contributed by atoms with Crippen molar-refractivity contribution in [3.63, 3.8) is 0 Å². The molecule has 4 nitrogen and oxygen atoms in total. The van der Waals surface area contributed by atoms with Crippen molar-refractivity contribution in [2.24, 2.45) is 0 Å². The van der Waals surface area contributed by atoms with Gasteiger partial charge < -0.3 is 9.64 Å². The maximum Gasteiger partial charge on any atom is 0.328 e. The Morgan fingerprint density at radius 2 is 2.10 bits per heavy atom. The van der Waals surface area contributed by atoms with Crippen LogP contribution >= 0.6 is 21.6 Å². The standard InChI is InChI=1S/C14H17NO3S2/c1-18-13(16)12-8-5-9-15(12)14(17)20-19-10-11-6-3-2-4-7-11/h2-4,6-7,12H,5,8-10H2,1H3/t12-/m0/s1. The summed E-state index contributed by atoms with van der Waals surface area (Å²) in [5.41, 5.74) is 1.18. The predicted octanol–water partition coefficient (Wildman–Crippen LogP) is 3.33. The van der Waals surface area contributed by atoms with Crippen molar-refractivity contribution in [3.8, 4) is 0 Å². The van der Waals surface area contributed by atoms with Crippen molar-refractivity contribution >= 4 is 32.8 Å². The second-order valence-electron chi connectivity index (χ2n) is 4.47. The zero-order valence-corrected chi connectivity index (χ0v) is 12.9. The Bertz CT molecular complexity index is 467. The Morgan fingerprint density at radius 1 is 1.35 bits per heavy atom. The average molecular weight is 311 g/mol. The summed E-state index contributed by atoms with van der Waals surface area (Å²) < 4.78 is 4.74. The second-order valence-corrected chi connectivity index (χ2v) is 6.72. The van der Waals surface area contributed by atoms with Gasteiger partial charge in [0.15, 0.2) is 0 Å². The maximum absolute atomic E-state index is 12.1. The van der Waals surface area contributed by atoms with Gasteiger partial charge in [-0.25, -0.2) is 4.79 Å². The fourth-order valence-electron chi connectivity index (χ4n) is 2.14. The van der Waals surface area contributed by atoms with Crippen LogP contribution in [0.3, 0.4) is 0 Å². The first kappa shape index (κ1) is 15.3. The molecule has 0 spiro atoms. The van der Waals surface area contributed by atoms with Crippen molar-refractivity contribution in [2.75, 3.05) is 13.7 Å². The van der Waals surface area contributed by atoms with E-state index in [1.165, 1.54) is 34.3 Å². The highest BCUT2D eigenvalue weighted by molar-refractivity contribution is 8.81. The molecular formula is C14H17NO3S2. The Kier molecular flexibility index (Phi) is 5.79. The summed E-state index contributed by atoms with van der Waals surface area (Å²) in [4.78, 5) is 25.3. The van der Waals surface area contributed by atoms with Gasteiger partial charge in [-0.3, -0.25) is 4.79 Å². The summed E-state index contributed by atoms with van der Waals surface area (Å²) in [6.45, 7) is 0.636. The van der Waals surface area contributed by atoms with Crippen molar-refractivity contribution in [3.05, 3.63) is 35.9 Å². The van der Waals surface area contributed by atoms with Crippen molar-refractivity contribution in [2.45, 2.75) is 24.6 Å². The summed E-state index contributed by atoms with van der Waals surface area (Å²) in [6.07, 6.45) is 1.55. The number of amides is 1. The molecule has 0 aliphatic carbocycles. The summed E-state index contributed by atoms with van der Waals surface area (Å²) >= 11 is 0. The number of benzene rings is 1. The normalized spacial score (nSPS) is 18.1. The van der Waals surface area contributed by atoms with E-state index in [4.69, 9.17) is 4.74 Å². The zero-order valence-electron chi connectivity index (χ0n) is 11.3. The molecule has 1 atom stereocenters. The third-order valence-corrected chi connectivity index (χ3v) is 5.24. The predicted molar refractivity (Wildman–Crippen MR) is 82.5 cm³/mol. The highest BCUT2D eigenvalue weighted by Crippen LogP contribution is 2.31. The summed E-state index contributed by atoms with van der Waals surface area (Å²) in [6, 6.07) is 9.59. The molecule has 108 valence electrons. The van der Waals surface area contributed by atoms with Crippen molar-refractivity contribution in [1.29, 1.82) is 0 Å². The van der Waals surface area contributed by atoms with Gasteiger partial charge in [-0.15, -0.1) is 0 Å². The number of hydrogen-bond donors (Lipinski definition) is 0. The number of carbonyl (C=O) groups excluding carboxylic acids is 2. The third-order valence-electron chi connectivity index (χ3n) is 3.16. The number of carbonyl (C=O) groups is 2. The van der Waals surface area contributed by atoms with E-state index in [1.54, 1.807) is 4.90 Å². The van der Waals surface area contributed by atoms with Crippen LogP contribution in [0.15, 0.2) is 30.3 Å². The lowest BCUT2D eigenvalue weighted by atomic mass is 10.2. The second kappa shape index (κ2) is 7.59. The van der Waals surface area contributed by atoms with Crippen LogP contribution in [-0.2, 0) is 15.3 Å². The van der Waals surface area contributed by atoms with Crippen LogP contribution < -0.4 is 0 Å². The molecule has 1 fully saturated rings. The Balaban J connectivity index is 1.81. The van der Waals surface area contributed by atoms with Crippen LogP contribution in [-0.4, -0.2) is 35.8 Å². The Morgan fingerprint density at radius 3 is 2.80 bits per heavy atom. The van der Waals surface area contributed by atoms with E-state index in [0.29, 0.717) is 13.0 Å². The van der Waals surface area contributed by atoms with Gasteiger partial charge in [0.2, 0.25) is 0 Å². The first-order valence-corrected chi connectivity index (χ1v) is 8.76. The molecule has 6 heteroatoms. The molecular weight excluding hydrogens is 294 g/mol. The van der Waals surface area contributed by atoms with E-state index in [-0.39, 0.29) is 11.2 Å². The molecule has 1 aromatic carbocycles. The van der Waals surface area contributed by atoms with Crippen molar-refractivity contribution in [1.82, 2.24) is 4.90 Å². The van der Waals surface area contributed by atoms with E-state index in [2.05, 4.69) is 0 Å². The minimum atomic E-state index is -0.405. The first-order valence-electron chi connectivity index (χ1n) is 6.44. The number of esters is 1. The molecule has 1 aromatic rings. The minimum Gasteiger partial charge on any atom is -0.467 e. The molecule has 2 rings (SSSR count).